The molecule has 0 fully saturated rings. The highest BCUT2D eigenvalue weighted by atomic mass is 15.6. The van der Waals surface area contributed by atoms with E-state index in [4.69, 9.17) is 5.73 Å². The zero-order valence-electron chi connectivity index (χ0n) is 13.9. The lowest BCUT2D eigenvalue weighted by molar-refractivity contribution is 0.0436. The van der Waals surface area contributed by atoms with E-state index >= 15 is 0 Å². The zero-order valence-corrected chi connectivity index (χ0v) is 13.9. The Kier molecular flexibility index (Phi) is 9.56. The highest BCUT2D eigenvalue weighted by Gasteiger charge is 2.24. The number of hydrazine groups is 1. The van der Waals surface area contributed by atoms with Gasteiger partial charge in [0.15, 0.2) is 0 Å². The summed E-state index contributed by atoms with van der Waals surface area (Å²) in [7, 11) is 10.4. The van der Waals surface area contributed by atoms with Gasteiger partial charge >= 0.3 is 0 Å². The van der Waals surface area contributed by atoms with Gasteiger partial charge in [-0.2, -0.15) is 0 Å². The molecule has 0 spiro atoms. The summed E-state index contributed by atoms with van der Waals surface area (Å²) in [5, 5.41) is 7.84. The van der Waals surface area contributed by atoms with Crippen LogP contribution in [0, 0.1) is 0 Å². The van der Waals surface area contributed by atoms with Gasteiger partial charge in [-0.25, -0.2) is 10.0 Å². The Labute approximate surface area is 120 Å². The number of hydrogen-bond acceptors (Lipinski definition) is 5. The van der Waals surface area contributed by atoms with Gasteiger partial charge in [0.05, 0.1) is 5.66 Å². The number of nitrogens with one attached hydrogen (secondary N) is 1. The minimum absolute atomic E-state index is 0.260. The Hall–Kier alpha value is -0.200. The van der Waals surface area contributed by atoms with Crippen molar-refractivity contribution in [1.82, 2.24) is 20.2 Å². The van der Waals surface area contributed by atoms with Crippen molar-refractivity contribution in [2.45, 2.75) is 38.3 Å². The molecule has 0 aromatic rings. The van der Waals surface area contributed by atoms with Crippen LogP contribution < -0.4 is 11.1 Å². The molecule has 0 heterocycles. The molecular weight excluding hydrogens is 238 g/mol. The highest BCUT2D eigenvalue weighted by molar-refractivity contribution is 4.83. The van der Waals surface area contributed by atoms with E-state index < -0.39 is 0 Å². The minimum Gasteiger partial charge on any atom is -0.313 e. The third-order valence-corrected chi connectivity index (χ3v) is 3.58. The first-order valence-corrected chi connectivity index (χ1v) is 7.37. The second kappa shape index (κ2) is 9.66. The van der Waals surface area contributed by atoms with Crippen molar-refractivity contribution in [3.8, 4) is 0 Å². The summed E-state index contributed by atoms with van der Waals surface area (Å²) in [4.78, 5) is 2.19. The van der Waals surface area contributed by atoms with E-state index in [2.05, 4.69) is 62.4 Å². The summed E-state index contributed by atoms with van der Waals surface area (Å²) < 4.78 is 0. The van der Waals surface area contributed by atoms with Crippen LogP contribution in [0.1, 0.15) is 32.6 Å². The van der Waals surface area contributed by atoms with Gasteiger partial charge in [0.25, 0.3) is 0 Å². The molecule has 1 atom stereocenters. The predicted octanol–water partition coefficient (Wildman–Crippen LogP) is 0.781. The second-order valence-corrected chi connectivity index (χ2v) is 5.97. The molecule has 5 heteroatoms. The van der Waals surface area contributed by atoms with Crippen molar-refractivity contribution in [1.29, 1.82) is 0 Å². The van der Waals surface area contributed by atoms with Crippen LogP contribution in [0.25, 0.3) is 0 Å². The van der Waals surface area contributed by atoms with Crippen LogP contribution in [0.4, 0.5) is 0 Å². The zero-order chi connectivity index (χ0) is 14.9. The maximum atomic E-state index is 6.55. The lowest BCUT2D eigenvalue weighted by Gasteiger charge is -2.35. The minimum atomic E-state index is -0.260. The van der Waals surface area contributed by atoms with Crippen molar-refractivity contribution in [2.75, 3.05) is 54.9 Å². The van der Waals surface area contributed by atoms with Gasteiger partial charge in [-0.3, -0.25) is 5.32 Å². The first-order chi connectivity index (χ1) is 8.80. The van der Waals surface area contributed by atoms with Gasteiger partial charge in [-0.15, -0.1) is 0 Å². The van der Waals surface area contributed by atoms with Crippen LogP contribution in [0.5, 0.6) is 0 Å². The molecular formula is C14H35N5. The van der Waals surface area contributed by atoms with E-state index in [1.165, 1.54) is 12.8 Å². The Morgan fingerprint density at radius 3 is 2.05 bits per heavy atom. The molecule has 3 N–H and O–H groups in total. The molecule has 0 radical (unpaired) electrons. The first kappa shape index (κ1) is 18.8. The fourth-order valence-electron chi connectivity index (χ4n) is 1.80. The molecule has 0 aromatic heterocycles. The molecule has 0 amide bonds. The number of rotatable bonds is 11. The largest absolute Gasteiger partial charge is 0.313 e. The van der Waals surface area contributed by atoms with Crippen LogP contribution in [-0.4, -0.2) is 75.5 Å². The molecule has 5 nitrogen and oxygen atoms in total. The average Bonchev–Trinajstić information content (AvgIpc) is 2.34. The van der Waals surface area contributed by atoms with Crippen LogP contribution >= 0.6 is 0 Å². The molecule has 0 aliphatic heterocycles. The summed E-state index contributed by atoms with van der Waals surface area (Å²) in [6.07, 6.45) is 4.32. The average molecular weight is 273 g/mol. The van der Waals surface area contributed by atoms with Crippen molar-refractivity contribution in [3.05, 3.63) is 0 Å². The summed E-state index contributed by atoms with van der Waals surface area (Å²) in [6.45, 7) is 5.20. The summed E-state index contributed by atoms with van der Waals surface area (Å²) >= 11 is 0. The topological polar surface area (TPSA) is 47.8 Å². The Balaban J connectivity index is 4.29. The van der Waals surface area contributed by atoms with Gasteiger partial charge < -0.3 is 10.6 Å². The lowest BCUT2D eigenvalue weighted by Crippen LogP contribution is -2.57. The van der Waals surface area contributed by atoms with Crippen LogP contribution in [0.2, 0.25) is 0 Å². The number of hydrogen-bond donors (Lipinski definition) is 2. The summed E-state index contributed by atoms with van der Waals surface area (Å²) in [6, 6.07) is 0. The molecule has 1 unspecified atom stereocenters. The smallest absolute Gasteiger partial charge is 0.0687 e. The molecule has 0 aliphatic carbocycles. The van der Waals surface area contributed by atoms with E-state index in [1.54, 1.807) is 0 Å². The van der Waals surface area contributed by atoms with E-state index in [0.717, 1.165) is 32.5 Å². The van der Waals surface area contributed by atoms with Crippen LogP contribution in [-0.2, 0) is 0 Å². The fourth-order valence-corrected chi connectivity index (χ4v) is 1.80. The van der Waals surface area contributed by atoms with Crippen molar-refractivity contribution in [2.24, 2.45) is 5.73 Å². The van der Waals surface area contributed by atoms with Crippen LogP contribution in [0.3, 0.4) is 0 Å². The lowest BCUT2D eigenvalue weighted by atomic mass is 10.0. The SMILES string of the molecule is CCCCNC(N)(CCN(C)C)CCN(C)N(C)C. The third-order valence-electron chi connectivity index (χ3n) is 3.58. The number of unbranched alkanes of at least 4 members (excludes halogenated alkanes) is 1. The molecule has 0 saturated carbocycles. The van der Waals surface area contributed by atoms with E-state index in [1.807, 2.05) is 0 Å². The number of nitrogens with two attached hydrogens (primary N) is 1. The monoisotopic (exact) mass is 273 g/mol. The first-order valence-electron chi connectivity index (χ1n) is 7.37. The molecule has 0 rings (SSSR count). The van der Waals surface area contributed by atoms with Gasteiger partial charge in [0.1, 0.15) is 0 Å². The van der Waals surface area contributed by atoms with Gasteiger partial charge in [0, 0.05) is 34.2 Å². The van der Waals surface area contributed by atoms with Crippen molar-refractivity contribution >= 4 is 0 Å². The Bertz CT molecular complexity index is 220. The van der Waals surface area contributed by atoms with Crippen molar-refractivity contribution in [3.63, 3.8) is 0 Å². The molecule has 19 heavy (non-hydrogen) atoms. The molecule has 0 bridgehead atoms. The second-order valence-electron chi connectivity index (χ2n) is 5.97. The molecule has 0 saturated heterocycles. The Morgan fingerprint density at radius 2 is 1.58 bits per heavy atom. The summed E-state index contributed by atoms with van der Waals surface area (Å²) in [5.74, 6) is 0. The standard InChI is InChI=1S/C14H35N5/c1-7-8-11-16-14(15,9-12-17(2)3)10-13-19(6)18(4)5/h16H,7-13,15H2,1-6H3. The maximum absolute atomic E-state index is 6.55. The summed E-state index contributed by atoms with van der Waals surface area (Å²) in [5.41, 5.74) is 6.29. The quantitative estimate of drug-likeness (QED) is 0.331. The predicted molar refractivity (Wildman–Crippen MR) is 83.9 cm³/mol. The normalized spacial score (nSPS) is 15.5. The Morgan fingerprint density at radius 1 is 1.00 bits per heavy atom. The van der Waals surface area contributed by atoms with Crippen LogP contribution in [0.15, 0.2) is 0 Å². The highest BCUT2D eigenvalue weighted by Crippen LogP contribution is 2.10. The van der Waals surface area contributed by atoms with Crippen molar-refractivity contribution < 1.29 is 0 Å². The third kappa shape index (κ3) is 9.35. The molecule has 116 valence electrons. The number of nitrogens with zero attached hydrogens (tertiary/aromatic N) is 3. The van der Waals surface area contributed by atoms with Gasteiger partial charge in [-0.1, -0.05) is 13.3 Å². The van der Waals surface area contributed by atoms with Gasteiger partial charge in [0.2, 0.25) is 0 Å². The van der Waals surface area contributed by atoms with E-state index in [9.17, 15) is 0 Å². The van der Waals surface area contributed by atoms with E-state index in [0.29, 0.717) is 0 Å². The molecule has 0 aliphatic rings. The molecule has 0 aromatic carbocycles. The van der Waals surface area contributed by atoms with E-state index in [-0.39, 0.29) is 5.66 Å². The van der Waals surface area contributed by atoms with Gasteiger partial charge in [-0.05, 0) is 39.9 Å². The maximum Gasteiger partial charge on any atom is 0.0687 e. The fraction of sp³-hybridized carbons (Fsp3) is 1.00.